The maximum absolute atomic E-state index is 11.6. The van der Waals surface area contributed by atoms with E-state index in [1.165, 1.54) is 0 Å². The summed E-state index contributed by atoms with van der Waals surface area (Å²) in [4.78, 5) is 11.6. The van der Waals surface area contributed by atoms with E-state index in [0.29, 0.717) is 17.8 Å². The van der Waals surface area contributed by atoms with E-state index in [9.17, 15) is 13.2 Å². The van der Waals surface area contributed by atoms with Crippen molar-refractivity contribution in [2.75, 3.05) is 16.3 Å². The van der Waals surface area contributed by atoms with Crippen LogP contribution in [0.25, 0.3) is 0 Å². The molecule has 0 bridgehead atoms. The molecule has 4 N–H and O–H groups in total. The molecule has 0 heterocycles. The number of carbonyl (C=O) groups is 1. The van der Waals surface area contributed by atoms with E-state index < -0.39 is 16.1 Å². The fourth-order valence-electron chi connectivity index (χ4n) is 1.29. The Morgan fingerprint density at radius 3 is 2.32 bits per heavy atom. The van der Waals surface area contributed by atoms with Crippen LogP contribution in [-0.2, 0) is 14.8 Å². The second kappa shape index (κ2) is 7.32. The SMILES string of the molecule is CC[C@H](N)C(=O)Nc1ccccc1NS(C)(=O)=O.Cl. The second-order valence-electron chi connectivity index (χ2n) is 3.92. The summed E-state index contributed by atoms with van der Waals surface area (Å²) in [5.41, 5.74) is 6.29. The fraction of sp³-hybridized carbons (Fsp3) is 0.364. The molecule has 0 radical (unpaired) electrons. The molecule has 6 nitrogen and oxygen atoms in total. The summed E-state index contributed by atoms with van der Waals surface area (Å²) in [5, 5.41) is 2.59. The first kappa shape index (κ1) is 17.7. The van der Waals surface area contributed by atoms with E-state index in [4.69, 9.17) is 5.73 Å². The molecule has 1 amide bonds. The summed E-state index contributed by atoms with van der Waals surface area (Å²) >= 11 is 0. The Labute approximate surface area is 119 Å². The minimum atomic E-state index is -3.39. The van der Waals surface area contributed by atoms with Crippen molar-refractivity contribution in [1.29, 1.82) is 0 Å². The lowest BCUT2D eigenvalue weighted by Crippen LogP contribution is -2.35. The molecule has 0 fully saturated rings. The second-order valence-corrected chi connectivity index (χ2v) is 5.67. The van der Waals surface area contributed by atoms with E-state index in [1.54, 1.807) is 31.2 Å². The highest BCUT2D eigenvalue weighted by Gasteiger charge is 2.14. The van der Waals surface area contributed by atoms with Crippen LogP contribution in [0.4, 0.5) is 11.4 Å². The molecule has 0 saturated heterocycles. The molecule has 1 rings (SSSR count). The van der Waals surface area contributed by atoms with Gasteiger partial charge < -0.3 is 11.1 Å². The standard InChI is InChI=1S/C11H17N3O3S.ClH/c1-3-8(12)11(15)13-9-6-4-5-7-10(9)14-18(2,16)17;/h4-8,14H,3,12H2,1-2H3,(H,13,15);1H/t8-;/m0./s1. The molecular weight excluding hydrogens is 290 g/mol. The molecule has 108 valence electrons. The van der Waals surface area contributed by atoms with Crippen molar-refractivity contribution in [3.63, 3.8) is 0 Å². The molecule has 19 heavy (non-hydrogen) atoms. The number of amides is 1. The fourth-order valence-corrected chi connectivity index (χ4v) is 1.87. The molecule has 0 aliphatic rings. The Morgan fingerprint density at radius 2 is 1.84 bits per heavy atom. The highest BCUT2D eigenvalue weighted by atomic mass is 35.5. The number of anilines is 2. The van der Waals surface area contributed by atoms with Gasteiger partial charge in [0.25, 0.3) is 0 Å². The van der Waals surface area contributed by atoms with Crippen molar-refractivity contribution < 1.29 is 13.2 Å². The first-order valence-corrected chi connectivity index (χ1v) is 7.36. The first-order valence-electron chi connectivity index (χ1n) is 5.46. The Morgan fingerprint density at radius 1 is 1.32 bits per heavy atom. The van der Waals surface area contributed by atoms with Gasteiger partial charge in [0, 0.05) is 0 Å². The van der Waals surface area contributed by atoms with Crippen LogP contribution < -0.4 is 15.8 Å². The average molecular weight is 308 g/mol. The van der Waals surface area contributed by atoms with Gasteiger partial charge in [0.05, 0.1) is 23.7 Å². The number of halogens is 1. The van der Waals surface area contributed by atoms with Crippen molar-refractivity contribution in [2.24, 2.45) is 5.73 Å². The van der Waals surface area contributed by atoms with E-state index in [0.717, 1.165) is 6.26 Å². The number of nitrogens with two attached hydrogens (primary N) is 1. The molecule has 0 aromatic heterocycles. The van der Waals surface area contributed by atoms with Crippen LogP contribution >= 0.6 is 12.4 Å². The predicted octanol–water partition coefficient (Wildman–Crippen LogP) is 1.16. The third-order valence-electron chi connectivity index (χ3n) is 2.26. The molecule has 0 spiro atoms. The molecule has 0 saturated carbocycles. The zero-order valence-corrected chi connectivity index (χ0v) is 12.3. The predicted molar refractivity (Wildman–Crippen MR) is 79.1 cm³/mol. The minimum absolute atomic E-state index is 0. The van der Waals surface area contributed by atoms with Crippen molar-refractivity contribution >= 4 is 39.7 Å². The summed E-state index contributed by atoms with van der Waals surface area (Å²) in [7, 11) is -3.39. The van der Waals surface area contributed by atoms with Crippen molar-refractivity contribution in [3.05, 3.63) is 24.3 Å². The molecule has 0 aliphatic carbocycles. The number of para-hydroxylation sites is 2. The van der Waals surface area contributed by atoms with Crippen LogP contribution in [-0.4, -0.2) is 26.6 Å². The third-order valence-corrected chi connectivity index (χ3v) is 2.85. The number of rotatable bonds is 5. The summed E-state index contributed by atoms with van der Waals surface area (Å²) < 4.78 is 24.7. The van der Waals surface area contributed by atoms with Gasteiger partial charge in [0.15, 0.2) is 0 Å². The van der Waals surface area contributed by atoms with E-state index >= 15 is 0 Å². The van der Waals surface area contributed by atoms with Gasteiger partial charge in [-0.2, -0.15) is 0 Å². The lowest BCUT2D eigenvalue weighted by Gasteiger charge is -2.14. The minimum Gasteiger partial charge on any atom is -0.323 e. The van der Waals surface area contributed by atoms with Crippen molar-refractivity contribution in [3.8, 4) is 0 Å². The van der Waals surface area contributed by atoms with Gasteiger partial charge in [-0.15, -0.1) is 12.4 Å². The highest BCUT2D eigenvalue weighted by molar-refractivity contribution is 7.92. The topological polar surface area (TPSA) is 101 Å². The molecule has 1 aromatic rings. The number of hydrogen-bond donors (Lipinski definition) is 3. The lowest BCUT2D eigenvalue weighted by atomic mass is 10.2. The largest absolute Gasteiger partial charge is 0.323 e. The number of benzene rings is 1. The van der Waals surface area contributed by atoms with Gasteiger partial charge in [-0.1, -0.05) is 19.1 Å². The normalized spacial score (nSPS) is 12.2. The van der Waals surface area contributed by atoms with Gasteiger partial charge in [0.2, 0.25) is 15.9 Å². The smallest absolute Gasteiger partial charge is 0.241 e. The molecule has 0 unspecified atom stereocenters. The Hall–Kier alpha value is -1.31. The number of hydrogen-bond acceptors (Lipinski definition) is 4. The summed E-state index contributed by atoms with van der Waals surface area (Å²) in [5.74, 6) is -0.347. The molecule has 1 atom stereocenters. The molecule has 8 heteroatoms. The quantitative estimate of drug-likeness (QED) is 0.759. The monoisotopic (exact) mass is 307 g/mol. The zero-order valence-electron chi connectivity index (χ0n) is 10.7. The highest BCUT2D eigenvalue weighted by Crippen LogP contribution is 2.22. The van der Waals surface area contributed by atoms with E-state index in [1.807, 2.05) is 0 Å². The molecular formula is C11H18ClN3O3S. The summed E-state index contributed by atoms with van der Waals surface area (Å²) in [6.45, 7) is 1.80. The lowest BCUT2D eigenvalue weighted by molar-refractivity contribution is -0.117. The number of nitrogens with one attached hydrogen (secondary N) is 2. The maximum Gasteiger partial charge on any atom is 0.241 e. The number of carbonyl (C=O) groups excluding carboxylic acids is 1. The van der Waals surface area contributed by atoms with Crippen LogP contribution in [0.5, 0.6) is 0 Å². The summed E-state index contributed by atoms with van der Waals surface area (Å²) in [6, 6.07) is 5.92. The third kappa shape index (κ3) is 5.91. The van der Waals surface area contributed by atoms with Crippen LogP contribution in [0.15, 0.2) is 24.3 Å². The summed E-state index contributed by atoms with van der Waals surface area (Å²) in [6.07, 6.45) is 1.55. The van der Waals surface area contributed by atoms with Gasteiger partial charge in [0.1, 0.15) is 0 Å². The van der Waals surface area contributed by atoms with Crippen LogP contribution in [0, 0.1) is 0 Å². The van der Waals surface area contributed by atoms with Gasteiger partial charge in [-0.3, -0.25) is 9.52 Å². The Kier molecular flexibility index (Phi) is 6.82. The van der Waals surface area contributed by atoms with Crippen LogP contribution in [0.1, 0.15) is 13.3 Å². The maximum atomic E-state index is 11.6. The Bertz CT molecular complexity index is 534. The first-order chi connectivity index (χ1) is 8.33. The Balaban J connectivity index is 0.00000324. The number of sulfonamides is 1. The average Bonchev–Trinajstić information content (AvgIpc) is 2.28. The van der Waals surface area contributed by atoms with Gasteiger partial charge in [-0.25, -0.2) is 8.42 Å². The van der Waals surface area contributed by atoms with E-state index in [2.05, 4.69) is 10.0 Å². The molecule has 1 aromatic carbocycles. The zero-order chi connectivity index (χ0) is 13.8. The van der Waals surface area contributed by atoms with Gasteiger partial charge >= 0.3 is 0 Å². The van der Waals surface area contributed by atoms with Crippen LogP contribution in [0.2, 0.25) is 0 Å². The van der Waals surface area contributed by atoms with Crippen molar-refractivity contribution in [2.45, 2.75) is 19.4 Å². The van der Waals surface area contributed by atoms with Crippen LogP contribution in [0.3, 0.4) is 0 Å². The van der Waals surface area contributed by atoms with E-state index in [-0.39, 0.29) is 18.3 Å². The molecule has 0 aliphatic heterocycles. The van der Waals surface area contributed by atoms with Gasteiger partial charge in [-0.05, 0) is 18.6 Å². The van der Waals surface area contributed by atoms with Crippen molar-refractivity contribution in [1.82, 2.24) is 0 Å².